The molecular formula is C16H25NO. The predicted molar refractivity (Wildman–Crippen MR) is 76.4 cm³/mol. The van der Waals surface area contributed by atoms with Gasteiger partial charge in [0.1, 0.15) is 0 Å². The highest BCUT2D eigenvalue weighted by Crippen LogP contribution is 2.40. The Morgan fingerprint density at radius 1 is 1.44 bits per heavy atom. The Bertz CT molecular complexity index is 394. The standard InChI is InChI=1S/C16H25NO/c1-5-11-16(2)12-15(18-4)13-9-7-6-8-10-14(13)17(16)3/h6-8,10,15H,5,9,11-12H2,1-4H3/t15-,16?/m0/s1. The van der Waals surface area contributed by atoms with Crippen molar-refractivity contribution in [2.75, 3.05) is 14.2 Å². The highest BCUT2D eigenvalue weighted by molar-refractivity contribution is 5.37. The highest BCUT2D eigenvalue weighted by atomic mass is 16.5. The normalized spacial score (nSPS) is 31.6. The lowest BCUT2D eigenvalue weighted by molar-refractivity contribution is 0.0354. The first-order chi connectivity index (χ1) is 8.62. The van der Waals surface area contributed by atoms with Gasteiger partial charge in [0.2, 0.25) is 0 Å². The zero-order valence-electron chi connectivity index (χ0n) is 12.1. The zero-order valence-corrected chi connectivity index (χ0v) is 12.1. The van der Waals surface area contributed by atoms with Gasteiger partial charge in [-0.1, -0.05) is 31.6 Å². The molecule has 0 saturated heterocycles. The van der Waals surface area contributed by atoms with E-state index in [2.05, 4.69) is 50.1 Å². The van der Waals surface area contributed by atoms with E-state index in [1.54, 1.807) is 0 Å². The van der Waals surface area contributed by atoms with Crippen LogP contribution in [-0.2, 0) is 4.74 Å². The molecule has 1 aliphatic carbocycles. The molecule has 0 saturated carbocycles. The third-order valence-corrected chi connectivity index (χ3v) is 4.43. The molecule has 2 atom stereocenters. The summed E-state index contributed by atoms with van der Waals surface area (Å²) in [5.41, 5.74) is 3.00. The molecule has 0 aromatic rings. The maximum absolute atomic E-state index is 5.75. The molecular weight excluding hydrogens is 222 g/mol. The summed E-state index contributed by atoms with van der Waals surface area (Å²) in [6.45, 7) is 4.62. The quantitative estimate of drug-likeness (QED) is 0.754. The Morgan fingerprint density at radius 3 is 2.89 bits per heavy atom. The van der Waals surface area contributed by atoms with E-state index < -0.39 is 0 Å². The SMILES string of the molecule is CCCC1(C)C[C@H](OC)C2=C(C=CC=CC2)N1C. The van der Waals surface area contributed by atoms with Crippen LogP contribution in [0.1, 0.15) is 39.5 Å². The van der Waals surface area contributed by atoms with Crippen LogP contribution in [-0.4, -0.2) is 30.7 Å². The first-order valence-electron chi connectivity index (χ1n) is 6.95. The Kier molecular flexibility index (Phi) is 3.96. The van der Waals surface area contributed by atoms with Gasteiger partial charge in [-0.15, -0.1) is 0 Å². The third-order valence-electron chi connectivity index (χ3n) is 4.43. The summed E-state index contributed by atoms with van der Waals surface area (Å²) < 4.78 is 5.75. The average molecular weight is 247 g/mol. The lowest BCUT2D eigenvalue weighted by atomic mass is 9.80. The van der Waals surface area contributed by atoms with Crippen molar-refractivity contribution >= 4 is 0 Å². The molecule has 18 heavy (non-hydrogen) atoms. The van der Waals surface area contributed by atoms with Crippen LogP contribution >= 0.6 is 0 Å². The van der Waals surface area contributed by atoms with Crippen molar-refractivity contribution in [1.29, 1.82) is 0 Å². The molecule has 1 heterocycles. The highest BCUT2D eigenvalue weighted by Gasteiger charge is 2.39. The molecule has 2 heteroatoms. The fourth-order valence-corrected chi connectivity index (χ4v) is 3.24. The summed E-state index contributed by atoms with van der Waals surface area (Å²) >= 11 is 0. The molecule has 0 fully saturated rings. The molecule has 0 aromatic heterocycles. The van der Waals surface area contributed by atoms with Gasteiger partial charge in [-0.2, -0.15) is 0 Å². The van der Waals surface area contributed by atoms with E-state index in [9.17, 15) is 0 Å². The molecule has 2 aliphatic rings. The molecule has 1 aliphatic heterocycles. The van der Waals surface area contributed by atoms with Gasteiger partial charge in [0.25, 0.3) is 0 Å². The van der Waals surface area contributed by atoms with Gasteiger partial charge < -0.3 is 9.64 Å². The van der Waals surface area contributed by atoms with Crippen LogP contribution in [0.5, 0.6) is 0 Å². The van der Waals surface area contributed by atoms with Crippen LogP contribution in [0, 0.1) is 0 Å². The number of nitrogens with zero attached hydrogens (tertiary/aromatic N) is 1. The maximum Gasteiger partial charge on any atom is 0.0829 e. The van der Waals surface area contributed by atoms with E-state index in [-0.39, 0.29) is 11.6 Å². The van der Waals surface area contributed by atoms with Gasteiger partial charge in [-0.05, 0) is 31.4 Å². The first kappa shape index (κ1) is 13.4. The number of ether oxygens (including phenoxy) is 1. The minimum Gasteiger partial charge on any atom is -0.377 e. The summed E-state index contributed by atoms with van der Waals surface area (Å²) in [6.07, 6.45) is 13.5. The summed E-state index contributed by atoms with van der Waals surface area (Å²) in [4.78, 5) is 2.46. The monoisotopic (exact) mass is 247 g/mol. The van der Waals surface area contributed by atoms with Gasteiger partial charge in [-0.3, -0.25) is 0 Å². The lowest BCUT2D eigenvalue weighted by Gasteiger charge is -2.48. The van der Waals surface area contributed by atoms with E-state index in [1.807, 2.05) is 7.11 Å². The minimum atomic E-state index is 0.211. The average Bonchev–Trinajstić information content (AvgIpc) is 2.60. The molecule has 2 nitrogen and oxygen atoms in total. The maximum atomic E-state index is 5.75. The molecule has 0 amide bonds. The van der Waals surface area contributed by atoms with Crippen LogP contribution in [0.15, 0.2) is 35.6 Å². The van der Waals surface area contributed by atoms with E-state index in [1.165, 1.54) is 24.1 Å². The number of methoxy groups -OCH3 is 1. The summed E-state index contributed by atoms with van der Waals surface area (Å²) in [5.74, 6) is 0. The van der Waals surface area contributed by atoms with Gasteiger partial charge >= 0.3 is 0 Å². The molecule has 1 unspecified atom stereocenters. The zero-order chi connectivity index (χ0) is 13.2. The number of hydrogen-bond acceptors (Lipinski definition) is 2. The van der Waals surface area contributed by atoms with Crippen molar-refractivity contribution < 1.29 is 4.74 Å². The fraction of sp³-hybridized carbons (Fsp3) is 0.625. The second kappa shape index (κ2) is 5.31. The molecule has 2 rings (SSSR count). The predicted octanol–water partition coefficient (Wildman–Crippen LogP) is 3.67. The summed E-state index contributed by atoms with van der Waals surface area (Å²) in [6, 6.07) is 0. The van der Waals surface area contributed by atoms with E-state index in [4.69, 9.17) is 4.74 Å². The van der Waals surface area contributed by atoms with Gasteiger partial charge in [-0.25, -0.2) is 0 Å². The van der Waals surface area contributed by atoms with Gasteiger partial charge in [0.05, 0.1) is 6.10 Å². The summed E-state index contributed by atoms with van der Waals surface area (Å²) in [5, 5.41) is 0. The van der Waals surface area contributed by atoms with E-state index >= 15 is 0 Å². The fourth-order valence-electron chi connectivity index (χ4n) is 3.24. The topological polar surface area (TPSA) is 12.5 Å². The molecule has 0 bridgehead atoms. The molecule has 100 valence electrons. The molecule has 0 radical (unpaired) electrons. The number of allylic oxidation sites excluding steroid dienone is 4. The van der Waals surface area contributed by atoms with E-state index in [0.717, 1.165) is 12.8 Å². The van der Waals surface area contributed by atoms with Crippen molar-refractivity contribution in [3.05, 3.63) is 35.6 Å². The van der Waals surface area contributed by atoms with Gasteiger partial charge in [0, 0.05) is 31.8 Å². The van der Waals surface area contributed by atoms with Crippen LogP contribution in [0.25, 0.3) is 0 Å². The van der Waals surface area contributed by atoms with Crippen LogP contribution in [0.4, 0.5) is 0 Å². The second-order valence-corrected chi connectivity index (χ2v) is 5.64. The first-order valence-corrected chi connectivity index (χ1v) is 6.95. The van der Waals surface area contributed by atoms with Crippen molar-refractivity contribution in [3.8, 4) is 0 Å². The molecule has 0 N–H and O–H groups in total. The summed E-state index contributed by atoms with van der Waals surface area (Å²) in [7, 11) is 4.07. The van der Waals surface area contributed by atoms with Crippen molar-refractivity contribution in [2.45, 2.75) is 51.2 Å². The van der Waals surface area contributed by atoms with E-state index in [0.29, 0.717) is 0 Å². The largest absolute Gasteiger partial charge is 0.377 e. The second-order valence-electron chi connectivity index (χ2n) is 5.64. The van der Waals surface area contributed by atoms with Crippen LogP contribution in [0.2, 0.25) is 0 Å². The molecule has 0 spiro atoms. The lowest BCUT2D eigenvalue weighted by Crippen LogP contribution is -2.50. The number of hydrogen-bond donors (Lipinski definition) is 0. The number of rotatable bonds is 3. The number of likely N-dealkylation sites (N-methyl/N-ethyl adjacent to an activating group) is 1. The minimum absolute atomic E-state index is 0.211. The Morgan fingerprint density at radius 2 is 2.22 bits per heavy atom. The Labute approximate surface area is 111 Å². The van der Waals surface area contributed by atoms with Crippen LogP contribution < -0.4 is 0 Å². The van der Waals surface area contributed by atoms with Crippen molar-refractivity contribution in [1.82, 2.24) is 4.90 Å². The van der Waals surface area contributed by atoms with Crippen LogP contribution in [0.3, 0.4) is 0 Å². The van der Waals surface area contributed by atoms with Crippen molar-refractivity contribution in [2.24, 2.45) is 0 Å². The molecule has 0 aromatic carbocycles. The van der Waals surface area contributed by atoms with Gasteiger partial charge in [0.15, 0.2) is 0 Å². The third kappa shape index (κ3) is 2.26. The Balaban J connectivity index is 2.40. The smallest absolute Gasteiger partial charge is 0.0829 e. The van der Waals surface area contributed by atoms with Crippen molar-refractivity contribution in [3.63, 3.8) is 0 Å². The Hall–Kier alpha value is -1.02.